The molecule has 0 saturated heterocycles. The van der Waals surface area contributed by atoms with Gasteiger partial charge in [-0.3, -0.25) is 4.31 Å². The first-order chi connectivity index (χ1) is 9.84. The Morgan fingerprint density at radius 2 is 1.90 bits per heavy atom. The molecule has 7 heteroatoms. The van der Waals surface area contributed by atoms with Crippen molar-refractivity contribution in [2.45, 2.75) is 10.9 Å². The molecule has 1 heterocycles. The van der Waals surface area contributed by atoms with E-state index in [4.69, 9.17) is 5.73 Å². The van der Waals surface area contributed by atoms with Crippen LogP contribution in [-0.4, -0.2) is 15.5 Å². The van der Waals surface area contributed by atoms with Gasteiger partial charge in [0.15, 0.2) is 0 Å². The maximum atomic E-state index is 13.8. The number of para-hydroxylation sites is 1. The van der Waals surface area contributed by atoms with Crippen LogP contribution in [0.1, 0.15) is 17.2 Å². The van der Waals surface area contributed by atoms with Gasteiger partial charge in [0.25, 0.3) is 10.0 Å². The van der Waals surface area contributed by atoms with Crippen molar-refractivity contribution >= 4 is 31.6 Å². The van der Waals surface area contributed by atoms with E-state index in [9.17, 15) is 12.8 Å². The summed E-state index contributed by atoms with van der Waals surface area (Å²) in [5.41, 5.74) is 7.58. The third-order valence-electron chi connectivity index (χ3n) is 3.64. The standard InChI is InChI=1S/C14H12BrFN2O2S/c1-18-12-5-3-2-4-8(12)14(17)9-6-11(16)10(15)7-13(9)21(18,19)20/h2-7,14H,17H2,1H3. The third kappa shape index (κ3) is 2.07. The topological polar surface area (TPSA) is 63.4 Å². The highest BCUT2D eigenvalue weighted by atomic mass is 79.9. The Balaban J connectivity index is 2.42. The van der Waals surface area contributed by atoms with Gasteiger partial charge >= 0.3 is 0 Å². The van der Waals surface area contributed by atoms with Crippen LogP contribution in [0.15, 0.2) is 45.8 Å². The molecule has 1 atom stereocenters. The van der Waals surface area contributed by atoms with Crippen molar-refractivity contribution in [2.75, 3.05) is 11.4 Å². The zero-order valence-electron chi connectivity index (χ0n) is 11.0. The zero-order valence-corrected chi connectivity index (χ0v) is 13.4. The lowest BCUT2D eigenvalue weighted by molar-refractivity contribution is 0.590. The summed E-state index contributed by atoms with van der Waals surface area (Å²) in [5.74, 6) is -0.540. The lowest BCUT2D eigenvalue weighted by atomic mass is 9.98. The van der Waals surface area contributed by atoms with Crippen molar-refractivity contribution in [1.29, 1.82) is 0 Å². The number of nitrogens with two attached hydrogens (primary N) is 1. The van der Waals surface area contributed by atoms with Gasteiger partial charge in [-0.2, -0.15) is 0 Å². The van der Waals surface area contributed by atoms with E-state index in [0.29, 0.717) is 11.3 Å². The number of nitrogens with zero attached hydrogens (tertiary/aromatic N) is 1. The van der Waals surface area contributed by atoms with Crippen LogP contribution in [-0.2, 0) is 10.0 Å². The molecule has 0 saturated carbocycles. The van der Waals surface area contributed by atoms with Crippen molar-refractivity contribution in [3.63, 3.8) is 0 Å². The Hall–Kier alpha value is -1.44. The lowest BCUT2D eigenvalue weighted by Crippen LogP contribution is -2.26. The van der Waals surface area contributed by atoms with Gasteiger partial charge in [-0.25, -0.2) is 12.8 Å². The van der Waals surface area contributed by atoms with E-state index in [1.165, 1.54) is 23.5 Å². The van der Waals surface area contributed by atoms with E-state index >= 15 is 0 Å². The molecule has 3 rings (SSSR count). The van der Waals surface area contributed by atoms with Crippen LogP contribution in [0.2, 0.25) is 0 Å². The Labute approximate surface area is 130 Å². The minimum absolute atomic E-state index is 0.0157. The normalized spacial score (nSPS) is 19.6. The highest BCUT2D eigenvalue weighted by molar-refractivity contribution is 9.10. The van der Waals surface area contributed by atoms with Crippen LogP contribution in [0.3, 0.4) is 0 Å². The molecule has 0 amide bonds. The van der Waals surface area contributed by atoms with Crippen LogP contribution >= 0.6 is 15.9 Å². The van der Waals surface area contributed by atoms with Crippen LogP contribution in [0, 0.1) is 5.82 Å². The molecule has 2 N–H and O–H groups in total. The number of halogens is 2. The monoisotopic (exact) mass is 370 g/mol. The molecule has 4 nitrogen and oxygen atoms in total. The molecule has 2 aromatic carbocycles. The second-order valence-corrected chi connectivity index (χ2v) is 7.61. The first-order valence-corrected chi connectivity index (χ1v) is 8.39. The quantitative estimate of drug-likeness (QED) is 0.775. The highest BCUT2D eigenvalue weighted by Crippen LogP contribution is 2.40. The van der Waals surface area contributed by atoms with Crippen molar-refractivity contribution in [2.24, 2.45) is 5.73 Å². The van der Waals surface area contributed by atoms with E-state index < -0.39 is 21.9 Å². The summed E-state index contributed by atoms with van der Waals surface area (Å²) in [6.07, 6.45) is 0. The molecular formula is C14H12BrFN2O2S. The van der Waals surface area contributed by atoms with E-state index in [0.717, 1.165) is 0 Å². The summed E-state index contributed by atoms with van der Waals surface area (Å²) in [6, 6.07) is 8.69. The molecule has 0 aliphatic carbocycles. The van der Waals surface area contributed by atoms with Crippen LogP contribution < -0.4 is 10.0 Å². The second-order valence-electron chi connectivity index (χ2n) is 4.81. The van der Waals surface area contributed by atoms with Crippen LogP contribution in [0.5, 0.6) is 0 Å². The molecule has 0 bridgehead atoms. The van der Waals surface area contributed by atoms with Gasteiger partial charge < -0.3 is 5.73 Å². The molecule has 0 fully saturated rings. The first-order valence-electron chi connectivity index (χ1n) is 6.16. The first kappa shape index (κ1) is 14.5. The summed E-state index contributed by atoms with van der Waals surface area (Å²) in [7, 11) is -2.32. The zero-order chi connectivity index (χ0) is 15.4. The predicted octanol–water partition coefficient (Wildman–Crippen LogP) is 2.77. The van der Waals surface area contributed by atoms with Crippen molar-refractivity contribution < 1.29 is 12.8 Å². The number of hydrogen-bond donors (Lipinski definition) is 1. The molecule has 0 aromatic heterocycles. The summed E-state index contributed by atoms with van der Waals surface area (Å²) in [5, 5.41) is 0. The van der Waals surface area contributed by atoms with Gasteiger partial charge in [0.1, 0.15) is 5.82 Å². The third-order valence-corrected chi connectivity index (χ3v) is 6.07. The average molecular weight is 371 g/mol. The molecule has 1 unspecified atom stereocenters. The van der Waals surface area contributed by atoms with Crippen molar-refractivity contribution in [1.82, 2.24) is 0 Å². The van der Waals surface area contributed by atoms with Crippen LogP contribution in [0.4, 0.5) is 10.1 Å². The van der Waals surface area contributed by atoms with Gasteiger partial charge in [-0.15, -0.1) is 0 Å². The SMILES string of the molecule is CN1c2ccccc2C(N)c2cc(F)c(Br)cc2S1(=O)=O. The number of fused-ring (bicyclic) bond motifs is 2. The molecule has 0 radical (unpaired) electrons. The van der Waals surface area contributed by atoms with Crippen molar-refractivity contribution in [3.05, 3.63) is 57.8 Å². The fraction of sp³-hybridized carbons (Fsp3) is 0.143. The smallest absolute Gasteiger partial charge is 0.264 e. The second kappa shape index (κ2) is 4.79. The van der Waals surface area contributed by atoms with Gasteiger partial charge in [0.2, 0.25) is 0 Å². The number of rotatable bonds is 0. The maximum Gasteiger partial charge on any atom is 0.264 e. The van der Waals surface area contributed by atoms with E-state index in [2.05, 4.69) is 15.9 Å². The van der Waals surface area contributed by atoms with Gasteiger partial charge in [-0.1, -0.05) is 18.2 Å². The Kier molecular flexibility index (Phi) is 3.31. The fourth-order valence-electron chi connectivity index (χ4n) is 2.49. The molecule has 2 aromatic rings. The highest BCUT2D eigenvalue weighted by Gasteiger charge is 2.34. The number of hydrogen-bond acceptors (Lipinski definition) is 3. The Morgan fingerprint density at radius 1 is 1.24 bits per heavy atom. The molecule has 110 valence electrons. The molecular weight excluding hydrogens is 359 g/mol. The number of anilines is 1. The largest absolute Gasteiger partial charge is 0.320 e. The van der Waals surface area contributed by atoms with Gasteiger partial charge in [0.05, 0.1) is 21.1 Å². The molecule has 1 aliphatic heterocycles. The Morgan fingerprint density at radius 3 is 2.62 bits per heavy atom. The van der Waals surface area contributed by atoms with Crippen LogP contribution in [0.25, 0.3) is 0 Å². The molecule has 1 aliphatic rings. The summed E-state index contributed by atoms with van der Waals surface area (Å²) in [6.45, 7) is 0. The molecule has 0 spiro atoms. The van der Waals surface area contributed by atoms with Gasteiger partial charge in [0, 0.05) is 7.05 Å². The number of sulfonamides is 1. The lowest BCUT2D eigenvalue weighted by Gasteiger charge is -2.19. The van der Waals surface area contributed by atoms with E-state index in [1.54, 1.807) is 24.3 Å². The van der Waals surface area contributed by atoms with Gasteiger partial charge in [-0.05, 0) is 45.3 Å². The number of benzene rings is 2. The summed E-state index contributed by atoms with van der Waals surface area (Å²) in [4.78, 5) is 0.0157. The summed E-state index contributed by atoms with van der Waals surface area (Å²) < 4.78 is 40.5. The Bertz CT molecular complexity index is 839. The minimum Gasteiger partial charge on any atom is -0.320 e. The average Bonchev–Trinajstić information content (AvgIpc) is 2.52. The summed E-state index contributed by atoms with van der Waals surface area (Å²) >= 11 is 3.03. The van der Waals surface area contributed by atoms with E-state index in [1.807, 2.05) is 0 Å². The molecule has 21 heavy (non-hydrogen) atoms. The minimum atomic E-state index is -3.79. The maximum absolute atomic E-state index is 13.8. The predicted molar refractivity (Wildman–Crippen MR) is 82.2 cm³/mol. The fourth-order valence-corrected chi connectivity index (χ4v) is 4.46. The van der Waals surface area contributed by atoms with E-state index in [-0.39, 0.29) is 14.9 Å². The van der Waals surface area contributed by atoms with Crippen molar-refractivity contribution in [3.8, 4) is 0 Å².